The lowest BCUT2D eigenvalue weighted by molar-refractivity contribution is -0.384. The molecule has 0 unspecified atom stereocenters. The number of hydrogen-bond acceptors (Lipinski definition) is 6. The van der Waals surface area contributed by atoms with Crippen molar-refractivity contribution in [1.82, 2.24) is 4.98 Å². The first kappa shape index (κ1) is 19.0. The fourth-order valence-corrected chi connectivity index (χ4v) is 4.02. The Labute approximate surface area is 170 Å². The molecule has 0 atom stereocenters. The van der Waals surface area contributed by atoms with Gasteiger partial charge in [0.15, 0.2) is 5.13 Å². The average Bonchev–Trinajstić information content (AvgIpc) is 3.40. The van der Waals surface area contributed by atoms with Crippen molar-refractivity contribution in [1.29, 1.82) is 0 Å². The third kappa shape index (κ3) is 4.09. The molecule has 1 N–H and O–H groups in total. The Kier molecular flexibility index (Phi) is 5.22. The maximum absolute atomic E-state index is 13.1. The number of amides is 1. The molecule has 4 rings (SSSR count). The van der Waals surface area contributed by atoms with Crippen molar-refractivity contribution < 1.29 is 14.1 Å². The molecular formula is C20H17FN4O3S. The Morgan fingerprint density at radius 3 is 2.59 bits per heavy atom. The van der Waals surface area contributed by atoms with E-state index in [9.17, 15) is 19.3 Å². The molecule has 2 heterocycles. The van der Waals surface area contributed by atoms with E-state index in [1.54, 1.807) is 23.6 Å². The van der Waals surface area contributed by atoms with Crippen LogP contribution in [0.15, 0.2) is 47.8 Å². The van der Waals surface area contributed by atoms with Crippen molar-refractivity contribution in [2.75, 3.05) is 23.3 Å². The Balaban J connectivity index is 1.60. The number of carbonyl (C=O) groups excluding carboxylic acids is 1. The normalized spacial score (nSPS) is 13.5. The van der Waals surface area contributed by atoms with E-state index in [2.05, 4.69) is 15.2 Å². The number of thiazole rings is 1. The highest BCUT2D eigenvalue weighted by molar-refractivity contribution is 7.14. The second kappa shape index (κ2) is 7.96. The summed E-state index contributed by atoms with van der Waals surface area (Å²) in [4.78, 5) is 30.0. The Bertz CT molecular complexity index is 1060. The Morgan fingerprint density at radius 2 is 1.90 bits per heavy atom. The van der Waals surface area contributed by atoms with E-state index in [1.807, 2.05) is 0 Å². The van der Waals surface area contributed by atoms with Gasteiger partial charge in [-0.05, 0) is 43.2 Å². The first-order valence-electron chi connectivity index (χ1n) is 9.07. The molecular weight excluding hydrogens is 395 g/mol. The first-order chi connectivity index (χ1) is 14.0. The molecule has 0 spiro atoms. The van der Waals surface area contributed by atoms with Crippen LogP contribution in [0.1, 0.15) is 23.2 Å². The molecule has 2 aromatic carbocycles. The second-order valence-electron chi connectivity index (χ2n) is 6.65. The van der Waals surface area contributed by atoms with Gasteiger partial charge in [-0.1, -0.05) is 0 Å². The van der Waals surface area contributed by atoms with E-state index in [0.29, 0.717) is 16.5 Å². The standard InChI is InChI=1S/C20H17FN4O3S/c21-14-5-3-13(4-6-14)17-12-29-20(22-17)23-19(26)16-11-15(25(27)28)7-8-18(16)24-9-1-2-10-24/h3-8,11-12H,1-2,9-10H2,(H,22,23,26). The van der Waals surface area contributed by atoms with Crippen LogP contribution in [0.5, 0.6) is 0 Å². The molecule has 0 radical (unpaired) electrons. The molecule has 0 saturated carbocycles. The maximum atomic E-state index is 13.1. The summed E-state index contributed by atoms with van der Waals surface area (Å²) in [5.74, 6) is -0.784. The van der Waals surface area contributed by atoms with Gasteiger partial charge < -0.3 is 4.90 Å². The third-order valence-corrected chi connectivity index (χ3v) is 5.50. The van der Waals surface area contributed by atoms with E-state index in [4.69, 9.17) is 0 Å². The minimum Gasteiger partial charge on any atom is -0.371 e. The van der Waals surface area contributed by atoms with Gasteiger partial charge in [0.05, 0.1) is 21.9 Å². The highest BCUT2D eigenvalue weighted by Gasteiger charge is 2.23. The number of nitro benzene ring substituents is 1. The quantitative estimate of drug-likeness (QED) is 0.484. The summed E-state index contributed by atoms with van der Waals surface area (Å²) >= 11 is 1.24. The fraction of sp³-hybridized carbons (Fsp3) is 0.200. The van der Waals surface area contributed by atoms with Gasteiger partial charge in [0.25, 0.3) is 11.6 Å². The van der Waals surface area contributed by atoms with Crippen LogP contribution in [0.3, 0.4) is 0 Å². The van der Waals surface area contributed by atoms with Crippen LogP contribution in [0.4, 0.5) is 20.9 Å². The fourth-order valence-electron chi connectivity index (χ4n) is 3.30. The number of hydrogen-bond donors (Lipinski definition) is 1. The number of benzene rings is 2. The second-order valence-corrected chi connectivity index (χ2v) is 7.51. The number of nitrogens with zero attached hydrogens (tertiary/aromatic N) is 3. The van der Waals surface area contributed by atoms with Crippen molar-refractivity contribution in [3.63, 3.8) is 0 Å². The number of carbonyl (C=O) groups is 1. The van der Waals surface area contributed by atoms with Gasteiger partial charge in [-0.3, -0.25) is 20.2 Å². The summed E-state index contributed by atoms with van der Waals surface area (Å²) in [5.41, 5.74) is 2.14. The smallest absolute Gasteiger partial charge is 0.270 e. The highest BCUT2D eigenvalue weighted by atomic mass is 32.1. The predicted octanol–water partition coefficient (Wildman–Crippen LogP) is 4.71. The van der Waals surface area contributed by atoms with Crippen molar-refractivity contribution in [3.8, 4) is 11.3 Å². The van der Waals surface area contributed by atoms with Crippen LogP contribution in [0.25, 0.3) is 11.3 Å². The van der Waals surface area contributed by atoms with Gasteiger partial charge in [-0.15, -0.1) is 11.3 Å². The van der Waals surface area contributed by atoms with Gasteiger partial charge in [-0.25, -0.2) is 9.37 Å². The van der Waals surface area contributed by atoms with E-state index in [-0.39, 0.29) is 17.1 Å². The van der Waals surface area contributed by atoms with Gasteiger partial charge in [-0.2, -0.15) is 0 Å². The minimum absolute atomic E-state index is 0.135. The molecule has 148 valence electrons. The van der Waals surface area contributed by atoms with Crippen LogP contribution in [0, 0.1) is 15.9 Å². The molecule has 1 fully saturated rings. The van der Waals surface area contributed by atoms with Crippen LogP contribution < -0.4 is 10.2 Å². The summed E-state index contributed by atoms with van der Waals surface area (Å²) in [6.07, 6.45) is 2.04. The van der Waals surface area contributed by atoms with E-state index in [0.717, 1.165) is 31.5 Å². The predicted molar refractivity (Wildman–Crippen MR) is 110 cm³/mol. The molecule has 0 bridgehead atoms. The zero-order valence-corrected chi connectivity index (χ0v) is 16.1. The van der Waals surface area contributed by atoms with Gasteiger partial charge >= 0.3 is 0 Å². The number of rotatable bonds is 5. The number of aromatic nitrogens is 1. The average molecular weight is 412 g/mol. The van der Waals surface area contributed by atoms with Crippen molar-refractivity contribution in [2.45, 2.75) is 12.8 Å². The maximum Gasteiger partial charge on any atom is 0.270 e. The number of anilines is 2. The summed E-state index contributed by atoms with van der Waals surface area (Å²) in [7, 11) is 0. The molecule has 1 aromatic heterocycles. The van der Waals surface area contributed by atoms with Gasteiger partial charge in [0.1, 0.15) is 5.82 Å². The Morgan fingerprint density at radius 1 is 1.17 bits per heavy atom. The lowest BCUT2D eigenvalue weighted by atomic mass is 10.1. The number of halogens is 1. The van der Waals surface area contributed by atoms with Crippen LogP contribution in [0.2, 0.25) is 0 Å². The zero-order valence-electron chi connectivity index (χ0n) is 15.3. The summed E-state index contributed by atoms with van der Waals surface area (Å²) in [6.45, 7) is 1.62. The monoisotopic (exact) mass is 412 g/mol. The molecule has 7 nitrogen and oxygen atoms in total. The third-order valence-electron chi connectivity index (χ3n) is 4.75. The van der Waals surface area contributed by atoms with Crippen molar-refractivity contribution in [3.05, 3.63) is 69.3 Å². The molecule has 1 aliphatic heterocycles. The molecule has 9 heteroatoms. The molecule has 1 amide bonds. The number of nitrogens with one attached hydrogen (secondary N) is 1. The first-order valence-corrected chi connectivity index (χ1v) is 9.95. The summed E-state index contributed by atoms with van der Waals surface area (Å²) < 4.78 is 13.1. The summed E-state index contributed by atoms with van der Waals surface area (Å²) in [5, 5.41) is 16.0. The van der Waals surface area contributed by atoms with E-state index in [1.165, 1.54) is 35.6 Å². The van der Waals surface area contributed by atoms with Crippen LogP contribution in [-0.2, 0) is 0 Å². The van der Waals surface area contributed by atoms with Crippen molar-refractivity contribution in [2.24, 2.45) is 0 Å². The largest absolute Gasteiger partial charge is 0.371 e. The molecule has 3 aromatic rings. The summed E-state index contributed by atoms with van der Waals surface area (Å²) in [6, 6.07) is 10.3. The topological polar surface area (TPSA) is 88.4 Å². The molecule has 29 heavy (non-hydrogen) atoms. The molecule has 0 aliphatic carbocycles. The SMILES string of the molecule is O=C(Nc1nc(-c2ccc(F)cc2)cs1)c1cc([N+](=O)[O-])ccc1N1CCCC1. The van der Waals surface area contributed by atoms with E-state index < -0.39 is 10.8 Å². The number of non-ortho nitro benzene ring substituents is 1. The van der Waals surface area contributed by atoms with E-state index >= 15 is 0 Å². The lowest BCUT2D eigenvalue weighted by Crippen LogP contribution is -2.23. The van der Waals surface area contributed by atoms with Crippen molar-refractivity contribution >= 4 is 33.8 Å². The minimum atomic E-state index is -0.513. The van der Waals surface area contributed by atoms with Crippen LogP contribution >= 0.6 is 11.3 Å². The molecule has 1 aliphatic rings. The van der Waals surface area contributed by atoms with Gasteiger partial charge in [0.2, 0.25) is 0 Å². The molecule has 1 saturated heterocycles. The van der Waals surface area contributed by atoms with Gasteiger partial charge in [0, 0.05) is 36.2 Å². The number of nitro groups is 1. The zero-order chi connectivity index (χ0) is 20.4. The Hall–Kier alpha value is -3.33. The lowest BCUT2D eigenvalue weighted by Gasteiger charge is -2.20. The van der Waals surface area contributed by atoms with Crippen LogP contribution in [-0.4, -0.2) is 28.9 Å². The highest BCUT2D eigenvalue weighted by Crippen LogP contribution is 2.30.